The summed E-state index contributed by atoms with van der Waals surface area (Å²) in [5.41, 5.74) is 1.69. The van der Waals surface area contributed by atoms with E-state index in [4.69, 9.17) is 16.7 Å². The maximum absolute atomic E-state index is 12.4. The van der Waals surface area contributed by atoms with Crippen LogP contribution in [-0.2, 0) is 11.2 Å². The zero-order chi connectivity index (χ0) is 18.4. The van der Waals surface area contributed by atoms with Gasteiger partial charge in [0.1, 0.15) is 0 Å². The Hall–Kier alpha value is -2.41. The molecule has 0 bridgehead atoms. The van der Waals surface area contributed by atoms with E-state index in [1.54, 1.807) is 23.7 Å². The number of carbonyl (C=O) groups is 2. The van der Waals surface area contributed by atoms with Gasteiger partial charge in [-0.25, -0.2) is 4.68 Å². The molecule has 0 radical (unpaired) electrons. The highest BCUT2D eigenvalue weighted by Gasteiger charge is 2.20. The minimum atomic E-state index is -0.889. The summed E-state index contributed by atoms with van der Waals surface area (Å²) in [5, 5.41) is 20.2. The van der Waals surface area contributed by atoms with Crippen molar-refractivity contribution in [2.45, 2.75) is 33.1 Å². The number of aromatic nitrogens is 3. The Kier molecular flexibility index (Phi) is 6.52. The number of halogens is 1. The molecule has 1 aromatic heterocycles. The summed E-state index contributed by atoms with van der Waals surface area (Å²) >= 11 is 6.03. The summed E-state index contributed by atoms with van der Waals surface area (Å²) in [4.78, 5) is 23.1. The fourth-order valence-electron chi connectivity index (χ4n) is 2.48. The third-order valence-electron chi connectivity index (χ3n) is 3.65. The highest BCUT2D eigenvalue weighted by atomic mass is 35.5. The Morgan fingerprint density at radius 2 is 2.16 bits per heavy atom. The van der Waals surface area contributed by atoms with E-state index in [1.807, 2.05) is 19.1 Å². The fraction of sp³-hybridized carbons (Fsp3) is 0.412. The fourth-order valence-corrected chi connectivity index (χ4v) is 2.66. The SMILES string of the molecule is CCCc1c(C(=O)NCC(C)CC(=O)O)nnn1-c1cccc(Cl)c1. The number of amides is 1. The molecule has 0 spiro atoms. The average Bonchev–Trinajstić information content (AvgIpc) is 2.96. The summed E-state index contributed by atoms with van der Waals surface area (Å²) < 4.78 is 1.62. The number of benzene rings is 1. The second kappa shape index (κ2) is 8.62. The average molecular weight is 365 g/mol. The van der Waals surface area contributed by atoms with Gasteiger partial charge in [0, 0.05) is 18.0 Å². The van der Waals surface area contributed by atoms with Crippen LogP contribution in [0.5, 0.6) is 0 Å². The van der Waals surface area contributed by atoms with Gasteiger partial charge >= 0.3 is 5.97 Å². The summed E-state index contributed by atoms with van der Waals surface area (Å²) in [7, 11) is 0. The molecule has 25 heavy (non-hydrogen) atoms. The lowest BCUT2D eigenvalue weighted by Gasteiger charge is -2.11. The minimum absolute atomic E-state index is 0.00268. The van der Waals surface area contributed by atoms with E-state index in [0.29, 0.717) is 17.1 Å². The largest absolute Gasteiger partial charge is 0.481 e. The maximum atomic E-state index is 12.4. The van der Waals surface area contributed by atoms with Crippen molar-refractivity contribution in [2.24, 2.45) is 5.92 Å². The van der Waals surface area contributed by atoms with Gasteiger partial charge in [0.2, 0.25) is 0 Å². The van der Waals surface area contributed by atoms with E-state index in [0.717, 1.165) is 12.1 Å². The van der Waals surface area contributed by atoms with Crippen LogP contribution in [0.1, 0.15) is 42.9 Å². The molecule has 1 atom stereocenters. The van der Waals surface area contributed by atoms with Gasteiger partial charge in [-0.15, -0.1) is 5.10 Å². The Bertz CT molecular complexity index is 760. The molecule has 0 aliphatic carbocycles. The molecule has 0 saturated heterocycles. The van der Waals surface area contributed by atoms with Crippen molar-refractivity contribution >= 4 is 23.5 Å². The van der Waals surface area contributed by atoms with E-state index in [-0.39, 0.29) is 30.5 Å². The Morgan fingerprint density at radius 1 is 1.40 bits per heavy atom. The van der Waals surface area contributed by atoms with Crippen LogP contribution in [0.2, 0.25) is 5.02 Å². The Balaban J connectivity index is 2.20. The van der Waals surface area contributed by atoms with E-state index in [1.165, 1.54) is 0 Å². The molecule has 2 aromatic rings. The molecule has 0 fully saturated rings. The van der Waals surface area contributed by atoms with Crippen LogP contribution in [0, 0.1) is 5.92 Å². The minimum Gasteiger partial charge on any atom is -0.481 e. The molecule has 1 amide bonds. The van der Waals surface area contributed by atoms with E-state index in [2.05, 4.69) is 15.6 Å². The molecule has 2 rings (SSSR count). The van der Waals surface area contributed by atoms with Gasteiger partial charge in [-0.05, 0) is 30.5 Å². The summed E-state index contributed by atoms with van der Waals surface area (Å²) in [6, 6.07) is 7.17. The number of hydrogen-bond acceptors (Lipinski definition) is 4. The van der Waals surface area contributed by atoms with E-state index in [9.17, 15) is 9.59 Å². The highest BCUT2D eigenvalue weighted by molar-refractivity contribution is 6.30. The molecule has 2 N–H and O–H groups in total. The van der Waals surface area contributed by atoms with E-state index >= 15 is 0 Å². The predicted molar refractivity (Wildman–Crippen MR) is 94.1 cm³/mol. The normalized spacial score (nSPS) is 12.0. The number of nitrogens with one attached hydrogen (secondary N) is 1. The number of carboxylic acid groups (broad SMARTS) is 1. The quantitative estimate of drug-likeness (QED) is 0.750. The van der Waals surface area contributed by atoms with Crippen molar-refractivity contribution in [3.8, 4) is 5.69 Å². The van der Waals surface area contributed by atoms with Gasteiger partial charge in [0.15, 0.2) is 5.69 Å². The summed E-state index contributed by atoms with van der Waals surface area (Å²) in [5.74, 6) is -1.41. The smallest absolute Gasteiger partial charge is 0.303 e. The topological polar surface area (TPSA) is 97.1 Å². The first-order valence-electron chi connectivity index (χ1n) is 8.12. The number of aliphatic carboxylic acids is 1. The lowest BCUT2D eigenvalue weighted by molar-refractivity contribution is -0.137. The van der Waals surface area contributed by atoms with Gasteiger partial charge in [0.25, 0.3) is 5.91 Å². The molecule has 7 nitrogen and oxygen atoms in total. The van der Waals surface area contributed by atoms with Crippen LogP contribution in [0.15, 0.2) is 24.3 Å². The lowest BCUT2D eigenvalue weighted by Crippen LogP contribution is -2.30. The number of nitrogens with zero attached hydrogens (tertiary/aromatic N) is 3. The second-order valence-electron chi connectivity index (χ2n) is 5.94. The third kappa shape index (κ3) is 5.03. The molecule has 1 aromatic carbocycles. The summed E-state index contributed by atoms with van der Waals surface area (Å²) in [6.07, 6.45) is 1.45. The molecule has 0 aliphatic rings. The molecule has 1 heterocycles. The summed E-state index contributed by atoms with van der Waals surface area (Å²) in [6.45, 7) is 4.04. The molecule has 1 unspecified atom stereocenters. The van der Waals surface area contributed by atoms with Crippen LogP contribution < -0.4 is 5.32 Å². The van der Waals surface area contributed by atoms with Gasteiger partial charge in [-0.3, -0.25) is 9.59 Å². The first-order chi connectivity index (χ1) is 11.9. The molecular weight excluding hydrogens is 344 g/mol. The van der Waals surface area contributed by atoms with Gasteiger partial charge in [-0.1, -0.05) is 43.1 Å². The maximum Gasteiger partial charge on any atom is 0.303 e. The van der Waals surface area contributed by atoms with Crippen LogP contribution >= 0.6 is 11.6 Å². The molecule has 0 aliphatic heterocycles. The van der Waals surface area contributed by atoms with Gasteiger partial charge in [-0.2, -0.15) is 0 Å². The van der Waals surface area contributed by atoms with Gasteiger partial charge in [0.05, 0.1) is 11.4 Å². The van der Waals surface area contributed by atoms with Crippen molar-refractivity contribution < 1.29 is 14.7 Å². The Morgan fingerprint density at radius 3 is 2.80 bits per heavy atom. The van der Waals surface area contributed by atoms with E-state index < -0.39 is 5.97 Å². The zero-order valence-corrected chi connectivity index (χ0v) is 15.0. The van der Waals surface area contributed by atoms with Crippen molar-refractivity contribution in [1.29, 1.82) is 0 Å². The zero-order valence-electron chi connectivity index (χ0n) is 14.2. The number of carboxylic acids is 1. The standard InChI is InChI=1S/C17H21ClN4O3/c1-3-5-14-16(17(25)19-10-11(2)8-15(23)24)20-21-22(14)13-7-4-6-12(18)9-13/h4,6-7,9,11H,3,5,8,10H2,1-2H3,(H,19,25)(H,23,24). The molecule has 8 heteroatoms. The number of rotatable bonds is 8. The predicted octanol–water partition coefficient (Wildman–Crippen LogP) is 2.71. The van der Waals surface area contributed by atoms with Crippen LogP contribution in [0.25, 0.3) is 5.69 Å². The third-order valence-corrected chi connectivity index (χ3v) is 3.89. The number of hydrogen-bond donors (Lipinski definition) is 2. The molecule has 134 valence electrons. The lowest BCUT2D eigenvalue weighted by atomic mass is 10.1. The van der Waals surface area contributed by atoms with Crippen molar-refractivity contribution in [1.82, 2.24) is 20.3 Å². The van der Waals surface area contributed by atoms with Gasteiger partial charge < -0.3 is 10.4 Å². The Labute approximate surface area is 151 Å². The first-order valence-corrected chi connectivity index (χ1v) is 8.50. The van der Waals surface area contributed by atoms with Crippen LogP contribution in [0.4, 0.5) is 0 Å². The van der Waals surface area contributed by atoms with Crippen LogP contribution in [-0.4, -0.2) is 38.5 Å². The van der Waals surface area contributed by atoms with Crippen molar-refractivity contribution in [3.05, 3.63) is 40.7 Å². The van der Waals surface area contributed by atoms with Crippen LogP contribution in [0.3, 0.4) is 0 Å². The number of carbonyl (C=O) groups excluding carboxylic acids is 1. The highest BCUT2D eigenvalue weighted by Crippen LogP contribution is 2.18. The second-order valence-corrected chi connectivity index (χ2v) is 6.38. The van der Waals surface area contributed by atoms with Crippen molar-refractivity contribution in [3.63, 3.8) is 0 Å². The van der Waals surface area contributed by atoms with Crippen molar-refractivity contribution in [2.75, 3.05) is 6.54 Å². The molecular formula is C17H21ClN4O3. The first kappa shape index (κ1) is 18.9. The monoisotopic (exact) mass is 364 g/mol. The molecule has 0 saturated carbocycles.